The van der Waals surface area contributed by atoms with Gasteiger partial charge < -0.3 is 30.3 Å². The van der Waals surface area contributed by atoms with Crippen LogP contribution in [0.3, 0.4) is 0 Å². The molecule has 1 saturated heterocycles. The van der Waals surface area contributed by atoms with Gasteiger partial charge in [0.25, 0.3) is 5.91 Å². The first-order valence-electron chi connectivity index (χ1n) is 10.5. The molecule has 3 rings (SSSR count). The molecule has 1 heterocycles. The fourth-order valence-corrected chi connectivity index (χ4v) is 3.51. The van der Waals surface area contributed by atoms with E-state index in [0.717, 1.165) is 38.0 Å². The normalized spacial score (nSPS) is 13.0. The lowest BCUT2D eigenvalue weighted by atomic mass is 10.1. The molecule has 0 unspecified atom stereocenters. The molecule has 0 aliphatic carbocycles. The highest BCUT2D eigenvalue weighted by Crippen LogP contribution is 2.28. The van der Waals surface area contributed by atoms with Gasteiger partial charge in [-0.3, -0.25) is 4.79 Å². The minimum Gasteiger partial charge on any atom is -0.497 e. The second-order valence-corrected chi connectivity index (χ2v) is 7.34. The Kier molecular flexibility index (Phi) is 8.12. The second kappa shape index (κ2) is 11.2. The zero-order chi connectivity index (χ0) is 22.1. The molecule has 0 bridgehead atoms. The van der Waals surface area contributed by atoms with Crippen molar-refractivity contribution < 1.29 is 19.1 Å². The predicted molar refractivity (Wildman–Crippen MR) is 122 cm³/mol. The first kappa shape index (κ1) is 22.4. The molecule has 3 amide bonds. The highest BCUT2D eigenvalue weighted by molar-refractivity contribution is 6.04. The van der Waals surface area contributed by atoms with Gasteiger partial charge in [-0.1, -0.05) is 0 Å². The molecule has 0 spiro atoms. The minimum atomic E-state index is -0.384. The Bertz CT molecular complexity index is 880. The summed E-state index contributed by atoms with van der Waals surface area (Å²) in [5, 5.41) is 8.53. The number of benzene rings is 2. The van der Waals surface area contributed by atoms with Gasteiger partial charge in [0.05, 0.1) is 12.7 Å². The lowest BCUT2D eigenvalue weighted by molar-refractivity contribution is 0.0949. The number of carbonyl (C=O) groups excluding carboxylic acids is 2. The lowest BCUT2D eigenvalue weighted by Crippen LogP contribution is -2.29. The summed E-state index contributed by atoms with van der Waals surface area (Å²) < 4.78 is 10.2. The molecule has 2 aromatic rings. The molecule has 8 nitrogen and oxygen atoms in total. The summed E-state index contributed by atoms with van der Waals surface area (Å²) in [4.78, 5) is 27.5. The van der Waals surface area contributed by atoms with Crippen LogP contribution in [0.4, 0.5) is 21.9 Å². The molecule has 8 heteroatoms. The Balaban J connectivity index is 1.70. The van der Waals surface area contributed by atoms with Gasteiger partial charge in [-0.25, -0.2) is 4.79 Å². The van der Waals surface area contributed by atoms with Gasteiger partial charge >= 0.3 is 6.03 Å². The molecular formula is C23H30N4O4. The number of anilines is 3. The number of rotatable bonds is 9. The topological polar surface area (TPSA) is 91.9 Å². The smallest absolute Gasteiger partial charge is 0.323 e. The second-order valence-electron chi connectivity index (χ2n) is 7.34. The molecule has 0 atom stereocenters. The third kappa shape index (κ3) is 6.36. The quantitative estimate of drug-likeness (QED) is 0.532. The summed E-state index contributed by atoms with van der Waals surface area (Å²) in [6.07, 6.45) is 2.96. The molecule has 1 aliphatic rings. The number of ether oxygens (including phenoxy) is 2. The molecule has 3 N–H and O–H groups in total. The van der Waals surface area contributed by atoms with Crippen molar-refractivity contribution in [2.45, 2.75) is 19.3 Å². The molecule has 1 aliphatic heterocycles. The van der Waals surface area contributed by atoms with E-state index in [9.17, 15) is 9.59 Å². The van der Waals surface area contributed by atoms with Crippen molar-refractivity contribution in [3.63, 3.8) is 0 Å². The predicted octanol–water partition coefficient (Wildman–Crippen LogP) is 3.71. The fraction of sp³-hybridized carbons (Fsp3) is 0.391. The van der Waals surface area contributed by atoms with Gasteiger partial charge in [0, 0.05) is 50.4 Å². The summed E-state index contributed by atoms with van der Waals surface area (Å²) in [7, 11) is 3.23. The van der Waals surface area contributed by atoms with E-state index in [4.69, 9.17) is 9.47 Å². The van der Waals surface area contributed by atoms with Crippen LogP contribution in [0.2, 0.25) is 0 Å². The van der Waals surface area contributed by atoms with Crippen LogP contribution < -0.4 is 25.6 Å². The highest BCUT2D eigenvalue weighted by Gasteiger charge is 2.20. The molecular weight excluding hydrogens is 396 g/mol. The van der Waals surface area contributed by atoms with E-state index in [1.54, 1.807) is 44.6 Å². The maximum atomic E-state index is 12.9. The minimum absolute atomic E-state index is 0.155. The third-order valence-electron chi connectivity index (χ3n) is 5.10. The van der Waals surface area contributed by atoms with Crippen LogP contribution in [0.25, 0.3) is 0 Å². The molecule has 0 saturated carbocycles. The van der Waals surface area contributed by atoms with E-state index in [1.807, 2.05) is 12.1 Å². The van der Waals surface area contributed by atoms with Gasteiger partial charge in [0.2, 0.25) is 0 Å². The van der Waals surface area contributed by atoms with Crippen LogP contribution in [-0.4, -0.2) is 52.4 Å². The molecule has 2 aromatic carbocycles. The zero-order valence-electron chi connectivity index (χ0n) is 18.1. The van der Waals surface area contributed by atoms with E-state index < -0.39 is 0 Å². The fourth-order valence-electron chi connectivity index (χ4n) is 3.51. The van der Waals surface area contributed by atoms with Crippen LogP contribution >= 0.6 is 0 Å². The molecule has 0 aromatic heterocycles. The number of carbonyl (C=O) groups is 2. The Labute approximate surface area is 182 Å². The Morgan fingerprint density at radius 1 is 0.968 bits per heavy atom. The third-order valence-corrected chi connectivity index (χ3v) is 5.10. The summed E-state index contributed by atoms with van der Waals surface area (Å²) in [6, 6.07) is 12.1. The first-order valence-corrected chi connectivity index (χ1v) is 10.5. The largest absolute Gasteiger partial charge is 0.497 e. The molecule has 1 fully saturated rings. The van der Waals surface area contributed by atoms with Crippen molar-refractivity contribution in [2.75, 3.05) is 56.0 Å². The van der Waals surface area contributed by atoms with Crippen LogP contribution in [0, 0.1) is 0 Å². The van der Waals surface area contributed by atoms with Crippen LogP contribution in [0.1, 0.15) is 29.6 Å². The maximum absolute atomic E-state index is 12.9. The zero-order valence-corrected chi connectivity index (χ0v) is 18.1. The number of urea groups is 1. The van der Waals surface area contributed by atoms with Gasteiger partial charge in [-0.2, -0.15) is 0 Å². The van der Waals surface area contributed by atoms with E-state index >= 15 is 0 Å². The molecule has 0 radical (unpaired) electrons. The van der Waals surface area contributed by atoms with Gasteiger partial charge in [-0.15, -0.1) is 0 Å². The number of nitrogens with one attached hydrogen (secondary N) is 3. The number of amides is 3. The molecule has 31 heavy (non-hydrogen) atoms. The Morgan fingerprint density at radius 2 is 1.65 bits per heavy atom. The van der Waals surface area contributed by atoms with Crippen LogP contribution in [0.5, 0.6) is 5.75 Å². The van der Waals surface area contributed by atoms with Crippen molar-refractivity contribution >= 4 is 29.0 Å². The number of hydrogen-bond acceptors (Lipinski definition) is 5. The van der Waals surface area contributed by atoms with Crippen molar-refractivity contribution in [2.24, 2.45) is 0 Å². The SMILES string of the molecule is COCCCNC(=O)c1cc(NC(=O)Nc2ccc(OC)cc2)ccc1N1CCCC1. The Hall–Kier alpha value is -3.26. The van der Waals surface area contributed by atoms with E-state index in [1.165, 1.54) is 0 Å². The van der Waals surface area contributed by atoms with Crippen molar-refractivity contribution in [1.29, 1.82) is 0 Å². The van der Waals surface area contributed by atoms with E-state index in [0.29, 0.717) is 35.8 Å². The van der Waals surface area contributed by atoms with Gasteiger partial charge in [0.15, 0.2) is 0 Å². The molecule has 166 valence electrons. The summed E-state index contributed by atoms with van der Waals surface area (Å²) >= 11 is 0. The van der Waals surface area contributed by atoms with Crippen molar-refractivity contribution in [3.05, 3.63) is 48.0 Å². The van der Waals surface area contributed by atoms with E-state index in [2.05, 4.69) is 20.9 Å². The van der Waals surface area contributed by atoms with Crippen LogP contribution in [-0.2, 0) is 4.74 Å². The summed E-state index contributed by atoms with van der Waals surface area (Å²) in [5.74, 6) is 0.557. The van der Waals surface area contributed by atoms with Gasteiger partial charge in [0.1, 0.15) is 5.75 Å². The first-order chi connectivity index (χ1) is 15.1. The van der Waals surface area contributed by atoms with Crippen molar-refractivity contribution in [3.8, 4) is 5.75 Å². The number of methoxy groups -OCH3 is 2. The van der Waals surface area contributed by atoms with Crippen molar-refractivity contribution in [1.82, 2.24) is 5.32 Å². The average Bonchev–Trinajstić information content (AvgIpc) is 3.32. The number of nitrogens with zero attached hydrogens (tertiary/aromatic N) is 1. The van der Waals surface area contributed by atoms with Crippen LogP contribution in [0.15, 0.2) is 42.5 Å². The lowest BCUT2D eigenvalue weighted by Gasteiger charge is -2.22. The average molecular weight is 427 g/mol. The summed E-state index contributed by atoms with van der Waals surface area (Å²) in [5.41, 5.74) is 2.64. The van der Waals surface area contributed by atoms with Gasteiger partial charge in [-0.05, 0) is 61.7 Å². The Morgan fingerprint density at radius 3 is 2.32 bits per heavy atom. The highest BCUT2D eigenvalue weighted by atomic mass is 16.5. The monoisotopic (exact) mass is 426 g/mol. The maximum Gasteiger partial charge on any atom is 0.323 e. The van der Waals surface area contributed by atoms with E-state index in [-0.39, 0.29) is 11.9 Å². The standard InChI is InChI=1S/C23H30N4O4/c1-30-15-5-12-24-22(28)20-16-18(8-11-21(20)27-13-3-4-14-27)26-23(29)25-17-6-9-19(31-2)10-7-17/h6-11,16H,3-5,12-15H2,1-2H3,(H,24,28)(H2,25,26,29). The number of hydrogen-bond donors (Lipinski definition) is 3. The summed E-state index contributed by atoms with van der Waals surface area (Å²) in [6.45, 7) is 2.97.